The Morgan fingerprint density at radius 3 is 2.71 bits per heavy atom. The number of carbonyl (C=O) groups is 1. The number of hydrogen-bond acceptors (Lipinski definition) is 3. The van der Waals surface area contributed by atoms with Crippen LogP contribution < -0.4 is 0 Å². The van der Waals surface area contributed by atoms with Gasteiger partial charge in [0.15, 0.2) is 5.76 Å². The topological polar surface area (TPSA) is 63.3 Å². The summed E-state index contributed by atoms with van der Waals surface area (Å²) in [6, 6.07) is 5.76. The van der Waals surface area contributed by atoms with E-state index < -0.39 is 5.97 Å². The van der Waals surface area contributed by atoms with Crippen LogP contribution in [0.15, 0.2) is 22.7 Å². The molecule has 1 aromatic heterocycles. The second-order valence-electron chi connectivity index (χ2n) is 3.80. The first-order valence-corrected chi connectivity index (χ1v) is 5.34. The number of benzene rings is 1. The minimum Gasteiger partial charge on any atom is -0.476 e. The van der Waals surface area contributed by atoms with Gasteiger partial charge in [-0.1, -0.05) is 34.5 Å². The van der Waals surface area contributed by atoms with Crippen molar-refractivity contribution in [1.82, 2.24) is 5.16 Å². The van der Waals surface area contributed by atoms with Crippen LogP contribution in [0.1, 0.15) is 21.6 Å². The van der Waals surface area contributed by atoms with Crippen LogP contribution in [0.25, 0.3) is 11.3 Å². The summed E-state index contributed by atoms with van der Waals surface area (Å²) >= 11 is 5.94. The third-order valence-electron chi connectivity index (χ3n) is 2.48. The molecular formula is C12H10ClNO3. The molecule has 0 aliphatic carbocycles. The summed E-state index contributed by atoms with van der Waals surface area (Å²) in [6.07, 6.45) is 0. The van der Waals surface area contributed by atoms with Crippen LogP contribution in [0.4, 0.5) is 0 Å². The number of aromatic nitrogens is 1. The number of aryl methyl sites for hydroxylation is 2. The summed E-state index contributed by atoms with van der Waals surface area (Å²) in [7, 11) is 0. The third kappa shape index (κ3) is 2.03. The molecule has 17 heavy (non-hydrogen) atoms. The molecule has 0 amide bonds. The Morgan fingerprint density at radius 1 is 1.41 bits per heavy atom. The summed E-state index contributed by atoms with van der Waals surface area (Å²) in [5.74, 6) is -0.902. The molecule has 0 bridgehead atoms. The average molecular weight is 252 g/mol. The van der Waals surface area contributed by atoms with Crippen molar-refractivity contribution in [2.45, 2.75) is 13.8 Å². The molecule has 1 aromatic carbocycles. The molecule has 0 spiro atoms. The van der Waals surface area contributed by atoms with Gasteiger partial charge in [-0.2, -0.15) is 0 Å². The molecule has 2 rings (SSSR count). The SMILES string of the molecule is Cc1ccc(C)c(-c2onc(C(=O)O)c2Cl)c1. The van der Waals surface area contributed by atoms with E-state index >= 15 is 0 Å². The molecule has 0 fully saturated rings. The van der Waals surface area contributed by atoms with E-state index in [0.29, 0.717) is 5.76 Å². The zero-order chi connectivity index (χ0) is 12.6. The molecule has 88 valence electrons. The Bertz CT molecular complexity index is 589. The zero-order valence-electron chi connectivity index (χ0n) is 9.32. The number of hydrogen-bond donors (Lipinski definition) is 1. The lowest BCUT2D eigenvalue weighted by Gasteiger charge is -2.03. The molecule has 4 nitrogen and oxygen atoms in total. The van der Waals surface area contributed by atoms with E-state index in [0.717, 1.165) is 16.7 Å². The van der Waals surface area contributed by atoms with Crippen molar-refractivity contribution in [3.63, 3.8) is 0 Å². The fourth-order valence-electron chi connectivity index (χ4n) is 1.56. The highest BCUT2D eigenvalue weighted by molar-refractivity contribution is 6.35. The largest absolute Gasteiger partial charge is 0.476 e. The smallest absolute Gasteiger partial charge is 0.359 e. The van der Waals surface area contributed by atoms with E-state index in [1.165, 1.54) is 0 Å². The lowest BCUT2D eigenvalue weighted by atomic mass is 10.0. The van der Waals surface area contributed by atoms with Gasteiger partial charge in [0.2, 0.25) is 5.69 Å². The molecule has 0 aliphatic rings. The van der Waals surface area contributed by atoms with Crippen LogP contribution in [-0.4, -0.2) is 16.2 Å². The van der Waals surface area contributed by atoms with Gasteiger partial charge in [0.25, 0.3) is 0 Å². The van der Waals surface area contributed by atoms with Crippen molar-refractivity contribution in [2.75, 3.05) is 0 Å². The van der Waals surface area contributed by atoms with Crippen molar-refractivity contribution in [3.8, 4) is 11.3 Å². The zero-order valence-corrected chi connectivity index (χ0v) is 10.1. The summed E-state index contributed by atoms with van der Waals surface area (Å²) in [5, 5.41) is 12.3. The van der Waals surface area contributed by atoms with Crippen LogP contribution in [0.2, 0.25) is 5.02 Å². The molecule has 0 saturated heterocycles. The Morgan fingerprint density at radius 2 is 2.12 bits per heavy atom. The maximum absolute atomic E-state index is 10.8. The normalized spacial score (nSPS) is 10.5. The summed E-state index contributed by atoms with van der Waals surface area (Å²) in [5.41, 5.74) is 2.48. The first-order chi connectivity index (χ1) is 8.00. The van der Waals surface area contributed by atoms with E-state index in [-0.39, 0.29) is 10.7 Å². The molecule has 0 unspecified atom stereocenters. The second kappa shape index (κ2) is 4.22. The van der Waals surface area contributed by atoms with Crippen molar-refractivity contribution in [2.24, 2.45) is 0 Å². The molecule has 0 atom stereocenters. The number of nitrogens with zero attached hydrogens (tertiary/aromatic N) is 1. The Labute approximate surface area is 103 Å². The molecule has 5 heteroatoms. The minimum absolute atomic E-state index is 0.0335. The van der Waals surface area contributed by atoms with E-state index in [1.807, 2.05) is 32.0 Å². The predicted molar refractivity (Wildman–Crippen MR) is 63.4 cm³/mol. The number of rotatable bonds is 2. The highest BCUT2D eigenvalue weighted by Crippen LogP contribution is 2.33. The fraction of sp³-hybridized carbons (Fsp3) is 0.167. The number of carboxylic acids is 1. The first kappa shape index (κ1) is 11.7. The van der Waals surface area contributed by atoms with E-state index in [4.69, 9.17) is 21.2 Å². The summed E-state index contributed by atoms with van der Waals surface area (Å²) < 4.78 is 5.02. The Balaban J connectivity index is 2.61. The lowest BCUT2D eigenvalue weighted by molar-refractivity contribution is 0.0686. The molecule has 1 N–H and O–H groups in total. The van der Waals surface area contributed by atoms with Crippen LogP contribution in [0.3, 0.4) is 0 Å². The number of aromatic carboxylic acids is 1. The van der Waals surface area contributed by atoms with Gasteiger partial charge in [-0.3, -0.25) is 0 Å². The Hall–Kier alpha value is -1.81. The molecule has 2 aromatic rings. The molecule has 0 aliphatic heterocycles. The maximum atomic E-state index is 10.8. The lowest BCUT2D eigenvalue weighted by Crippen LogP contribution is -1.96. The van der Waals surface area contributed by atoms with Gasteiger partial charge >= 0.3 is 5.97 Å². The van der Waals surface area contributed by atoms with E-state index in [1.54, 1.807) is 0 Å². The molecule has 0 radical (unpaired) electrons. The van der Waals surface area contributed by atoms with Gasteiger partial charge in [-0.15, -0.1) is 0 Å². The van der Waals surface area contributed by atoms with Crippen molar-refractivity contribution >= 4 is 17.6 Å². The van der Waals surface area contributed by atoms with Gasteiger partial charge in [-0.05, 0) is 25.5 Å². The second-order valence-corrected chi connectivity index (χ2v) is 4.18. The van der Waals surface area contributed by atoms with Crippen LogP contribution in [0, 0.1) is 13.8 Å². The van der Waals surface area contributed by atoms with Gasteiger partial charge in [-0.25, -0.2) is 4.79 Å². The highest BCUT2D eigenvalue weighted by Gasteiger charge is 2.21. The van der Waals surface area contributed by atoms with Crippen molar-refractivity contribution in [1.29, 1.82) is 0 Å². The van der Waals surface area contributed by atoms with Crippen LogP contribution >= 0.6 is 11.6 Å². The van der Waals surface area contributed by atoms with Crippen molar-refractivity contribution < 1.29 is 14.4 Å². The molecule has 1 heterocycles. The van der Waals surface area contributed by atoms with Crippen LogP contribution in [-0.2, 0) is 0 Å². The standard InChI is InChI=1S/C12H10ClNO3/c1-6-3-4-7(2)8(5-6)11-9(13)10(12(15)16)14-17-11/h3-5H,1-2H3,(H,15,16). The van der Waals surface area contributed by atoms with Crippen molar-refractivity contribution in [3.05, 3.63) is 40.0 Å². The van der Waals surface area contributed by atoms with Gasteiger partial charge in [0.05, 0.1) is 0 Å². The van der Waals surface area contributed by atoms with Gasteiger partial charge in [0, 0.05) is 5.56 Å². The van der Waals surface area contributed by atoms with E-state index in [9.17, 15) is 4.79 Å². The average Bonchev–Trinajstić information content (AvgIpc) is 2.64. The monoisotopic (exact) mass is 251 g/mol. The summed E-state index contributed by atoms with van der Waals surface area (Å²) in [4.78, 5) is 10.8. The van der Waals surface area contributed by atoms with E-state index in [2.05, 4.69) is 5.16 Å². The van der Waals surface area contributed by atoms with Gasteiger partial charge in [0.1, 0.15) is 5.02 Å². The quantitative estimate of drug-likeness (QED) is 0.889. The third-order valence-corrected chi connectivity index (χ3v) is 2.83. The van der Waals surface area contributed by atoms with Gasteiger partial charge < -0.3 is 9.63 Å². The number of halogens is 1. The first-order valence-electron chi connectivity index (χ1n) is 4.97. The Kier molecular flexibility index (Phi) is 2.90. The highest BCUT2D eigenvalue weighted by atomic mass is 35.5. The number of carboxylic acid groups (broad SMARTS) is 1. The predicted octanol–water partition coefficient (Wildman–Crippen LogP) is 3.31. The molecular weight excluding hydrogens is 242 g/mol. The maximum Gasteiger partial charge on any atom is 0.359 e. The molecule has 0 saturated carbocycles. The fourth-order valence-corrected chi connectivity index (χ4v) is 1.81. The summed E-state index contributed by atoms with van der Waals surface area (Å²) in [6.45, 7) is 3.83. The van der Waals surface area contributed by atoms with Crippen LogP contribution in [0.5, 0.6) is 0 Å². The minimum atomic E-state index is -1.20.